The van der Waals surface area contributed by atoms with Gasteiger partial charge in [-0.05, 0) is 45.2 Å². The van der Waals surface area contributed by atoms with E-state index < -0.39 is 0 Å². The van der Waals surface area contributed by atoms with Gasteiger partial charge >= 0.3 is 0 Å². The molecule has 70 valence electrons. The molecule has 0 bridgehead atoms. The normalized spacial score (nSPS) is 16.2. The van der Waals surface area contributed by atoms with Gasteiger partial charge in [-0.15, -0.1) is 0 Å². The maximum atomic E-state index is 2.39. The van der Waals surface area contributed by atoms with Crippen molar-refractivity contribution in [1.29, 1.82) is 0 Å². The number of rotatable bonds is 1. The summed E-state index contributed by atoms with van der Waals surface area (Å²) < 4.78 is 2.39. The molecule has 3 heteroatoms. The van der Waals surface area contributed by atoms with E-state index in [0.29, 0.717) is 0 Å². The topological polar surface area (TPSA) is 3.24 Å². The first kappa shape index (κ1) is 9.80. The van der Waals surface area contributed by atoms with E-state index >= 15 is 0 Å². The summed E-state index contributed by atoms with van der Waals surface area (Å²) in [6.45, 7) is 6.63. The quantitative estimate of drug-likeness (QED) is 0.576. The van der Waals surface area contributed by atoms with Crippen molar-refractivity contribution in [2.75, 3.05) is 0 Å². The molecule has 0 fully saturated rings. The highest BCUT2D eigenvalue weighted by Crippen LogP contribution is 2.34. The van der Waals surface area contributed by atoms with Crippen molar-refractivity contribution in [1.82, 2.24) is 4.31 Å². The van der Waals surface area contributed by atoms with Crippen LogP contribution in [0.1, 0.15) is 22.3 Å². The van der Waals surface area contributed by atoms with Crippen molar-refractivity contribution in [3.63, 3.8) is 0 Å². The fourth-order valence-corrected chi connectivity index (χ4v) is 3.02. The second kappa shape index (κ2) is 3.79. The molecule has 0 spiro atoms. The Bertz CT molecular complexity index is 307. The number of hydrogen-bond donors (Lipinski definition) is 0. The number of benzene rings is 1. The third kappa shape index (κ3) is 1.74. The third-order valence-electron chi connectivity index (χ3n) is 2.67. The first-order chi connectivity index (χ1) is 6.22. The monoisotopic (exact) mass is 305 g/mol. The standard InChI is InChI=1S/C10H12INS/c1-7-3-4-8(2)10-6-12(13-11)5-9(7)10/h3-4H,5-6H2,1-2H3. The van der Waals surface area contributed by atoms with Crippen LogP contribution in [0.5, 0.6) is 0 Å². The molecule has 1 aromatic carbocycles. The van der Waals surface area contributed by atoms with E-state index in [2.05, 4.69) is 51.5 Å². The van der Waals surface area contributed by atoms with Crippen LogP contribution in [-0.2, 0) is 13.1 Å². The summed E-state index contributed by atoms with van der Waals surface area (Å²) >= 11 is 2.35. The summed E-state index contributed by atoms with van der Waals surface area (Å²) in [4.78, 5) is 0. The lowest BCUT2D eigenvalue weighted by Gasteiger charge is -2.06. The third-order valence-corrected chi connectivity index (χ3v) is 4.79. The van der Waals surface area contributed by atoms with Crippen LogP contribution in [0, 0.1) is 13.8 Å². The van der Waals surface area contributed by atoms with E-state index in [1.54, 1.807) is 11.1 Å². The number of nitrogens with zero attached hydrogens (tertiary/aromatic N) is 1. The van der Waals surface area contributed by atoms with Gasteiger partial charge in [0.25, 0.3) is 0 Å². The average Bonchev–Trinajstić information content (AvgIpc) is 2.56. The molecule has 0 radical (unpaired) electrons. The minimum Gasteiger partial charge on any atom is -0.233 e. The molecular formula is C10H12INS. The first-order valence-electron chi connectivity index (χ1n) is 4.34. The van der Waals surface area contributed by atoms with Crippen LogP contribution in [0.4, 0.5) is 0 Å². The fourth-order valence-electron chi connectivity index (χ4n) is 1.82. The first-order valence-corrected chi connectivity index (χ1v) is 7.65. The molecule has 0 amide bonds. The molecule has 1 aliphatic heterocycles. The Labute approximate surface area is 95.6 Å². The van der Waals surface area contributed by atoms with Crippen molar-refractivity contribution in [2.45, 2.75) is 26.9 Å². The molecule has 0 aliphatic carbocycles. The van der Waals surface area contributed by atoms with Crippen molar-refractivity contribution < 1.29 is 0 Å². The molecule has 0 atom stereocenters. The Morgan fingerprint density at radius 3 is 2.00 bits per heavy atom. The van der Waals surface area contributed by atoms with Crippen LogP contribution in [0.3, 0.4) is 0 Å². The lowest BCUT2D eigenvalue weighted by molar-refractivity contribution is 0.514. The Kier molecular flexibility index (Phi) is 2.86. The number of fused-ring (bicyclic) bond motifs is 1. The summed E-state index contributed by atoms with van der Waals surface area (Å²) in [6.07, 6.45) is 0. The second-order valence-corrected chi connectivity index (χ2v) is 5.36. The molecule has 13 heavy (non-hydrogen) atoms. The van der Waals surface area contributed by atoms with Crippen LogP contribution >= 0.6 is 30.3 Å². The summed E-state index contributed by atoms with van der Waals surface area (Å²) in [5, 5.41) is 0. The van der Waals surface area contributed by atoms with E-state index in [1.807, 2.05) is 9.12 Å². The predicted molar refractivity (Wildman–Crippen MR) is 66.8 cm³/mol. The molecule has 0 saturated heterocycles. The van der Waals surface area contributed by atoms with Gasteiger partial charge in [0.1, 0.15) is 0 Å². The van der Waals surface area contributed by atoms with Crippen LogP contribution in [0.15, 0.2) is 12.1 Å². The van der Waals surface area contributed by atoms with Crippen molar-refractivity contribution in [2.24, 2.45) is 0 Å². The van der Waals surface area contributed by atoms with Gasteiger partial charge < -0.3 is 0 Å². The zero-order valence-electron chi connectivity index (χ0n) is 7.80. The zero-order valence-corrected chi connectivity index (χ0v) is 10.8. The average molecular weight is 305 g/mol. The predicted octanol–water partition coefficient (Wildman–Crippen LogP) is 3.62. The number of aryl methyl sites for hydroxylation is 2. The van der Waals surface area contributed by atoms with Gasteiger partial charge in [-0.25, -0.2) is 4.31 Å². The van der Waals surface area contributed by atoms with Gasteiger partial charge in [-0.1, -0.05) is 12.1 Å². The minimum absolute atomic E-state index is 1.11. The highest BCUT2D eigenvalue weighted by atomic mass is 127. The van der Waals surface area contributed by atoms with Gasteiger partial charge in [0.2, 0.25) is 0 Å². The van der Waals surface area contributed by atoms with Crippen molar-refractivity contribution in [3.05, 3.63) is 34.4 Å². The molecule has 0 unspecified atom stereocenters. The van der Waals surface area contributed by atoms with Crippen LogP contribution < -0.4 is 0 Å². The minimum atomic E-state index is 1.11. The molecule has 1 heterocycles. The molecule has 0 saturated carbocycles. The van der Waals surface area contributed by atoms with Gasteiger partial charge in [-0.3, -0.25) is 0 Å². The Hall–Kier alpha value is 0.260. The fraction of sp³-hybridized carbons (Fsp3) is 0.400. The van der Waals surface area contributed by atoms with Gasteiger partial charge in [0.15, 0.2) is 0 Å². The van der Waals surface area contributed by atoms with E-state index in [-0.39, 0.29) is 0 Å². The van der Waals surface area contributed by atoms with Gasteiger partial charge in [0, 0.05) is 34.3 Å². The maximum Gasteiger partial charge on any atom is 0.0357 e. The lowest BCUT2D eigenvalue weighted by Crippen LogP contribution is -2.02. The van der Waals surface area contributed by atoms with Crippen molar-refractivity contribution >= 4 is 30.3 Å². The highest BCUT2D eigenvalue weighted by molar-refractivity contribution is 14.2. The summed E-state index contributed by atoms with van der Waals surface area (Å²) in [5.74, 6) is 0. The van der Waals surface area contributed by atoms with E-state index in [9.17, 15) is 0 Å². The largest absolute Gasteiger partial charge is 0.233 e. The number of hydrogen-bond acceptors (Lipinski definition) is 2. The molecule has 1 aliphatic rings. The molecule has 1 aromatic rings. The highest BCUT2D eigenvalue weighted by Gasteiger charge is 2.21. The second-order valence-electron chi connectivity index (χ2n) is 3.52. The maximum absolute atomic E-state index is 2.39. The molecule has 0 N–H and O–H groups in total. The van der Waals surface area contributed by atoms with Crippen LogP contribution in [0.25, 0.3) is 0 Å². The van der Waals surface area contributed by atoms with E-state index in [1.165, 1.54) is 11.1 Å². The Morgan fingerprint density at radius 1 is 1.15 bits per heavy atom. The van der Waals surface area contributed by atoms with Crippen molar-refractivity contribution in [3.8, 4) is 0 Å². The van der Waals surface area contributed by atoms with Gasteiger partial charge in [-0.2, -0.15) is 0 Å². The Morgan fingerprint density at radius 2 is 1.62 bits per heavy atom. The number of halogens is 1. The summed E-state index contributed by atoms with van der Waals surface area (Å²) in [7, 11) is 1.81. The van der Waals surface area contributed by atoms with E-state index in [4.69, 9.17) is 0 Å². The zero-order chi connectivity index (χ0) is 9.42. The van der Waals surface area contributed by atoms with Gasteiger partial charge in [0.05, 0.1) is 0 Å². The SMILES string of the molecule is Cc1ccc(C)c2c1CN(SI)C2. The van der Waals surface area contributed by atoms with Crippen LogP contribution in [0.2, 0.25) is 0 Å². The van der Waals surface area contributed by atoms with E-state index in [0.717, 1.165) is 13.1 Å². The summed E-state index contributed by atoms with van der Waals surface area (Å²) in [5.41, 5.74) is 5.97. The molecule has 2 rings (SSSR count). The lowest BCUT2D eigenvalue weighted by atomic mass is 10.0. The molecular weight excluding hydrogens is 293 g/mol. The molecule has 1 nitrogen and oxygen atoms in total. The molecule has 0 aromatic heterocycles. The van der Waals surface area contributed by atoms with Crippen LogP contribution in [-0.4, -0.2) is 4.31 Å². The Balaban J connectivity index is 2.43. The summed E-state index contributed by atoms with van der Waals surface area (Å²) in [6, 6.07) is 4.46. The smallest absolute Gasteiger partial charge is 0.0357 e.